The van der Waals surface area contributed by atoms with Crippen LogP contribution in [0.15, 0.2) is 0 Å². The Bertz CT molecular complexity index is 300. The molecule has 0 aliphatic carbocycles. The maximum Gasteiger partial charge on any atom is 0.264 e. The van der Waals surface area contributed by atoms with E-state index in [1.165, 1.54) is 0 Å². The van der Waals surface area contributed by atoms with E-state index in [-0.39, 0.29) is 18.1 Å². The molecule has 1 atom stereocenters. The maximum absolute atomic E-state index is 10.9. The van der Waals surface area contributed by atoms with Crippen LogP contribution in [0.5, 0.6) is 0 Å². The number of hydrogen-bond acceptors (Lipinski definition) is 4. The highest BCUT2D eigenvalue weighted by atomic mass is 32.2. The van der Waals surface area contributed by atoms with Crippen LogP contribution in [0.1, 0.15) is 20.3 Å². The highest BCUT2D eigenvalue weighted by molar-refractivity contribution is 7.85. The highest BCUT2D eigenvalue weighted by Crippen LogP contribution is 2.00. The Balaban J connectivity index is 3.88. The first-order valence-corrected chi connectivity index (χ1v) is 6.33. The van der Waals surface area contributed by atoms with Gasteiger partial charge in [-0.25, -0.2) is 0 Å². The van der Waals surface area contributed by atoms with E-state index in [2.05, 4.69) is 5.32 Å². The minimum absolute atomic E-state index is 0.0493. The van der Waals surface area contributed by atoms with Gasteiger partial charge in [0.2, 0.25) is 5.91 Å². The van der Waals surface area contributed by atoms with Gasteiger partial charge in [0.05, 0.1) is 11.8 Å². The van der Waals surface area contributed by atoms with Crippen LogP contribution in [0.4, 0.5) is 0 Å². The number of primary amides is 1. The van der Waals surface area contributed by atoms with Gasteiger partial charge in [-0.3, -0.25) is 9.35 Å². The molecular formula is C8H18N2O4S. The Hall–Kier alpha value is -0.660. The van der Waals surface area contributed by atoms with Crippen molar-refractivity contribution in [2.24, 2.45) is 11.7 Å². The molecule has 0 fully saturated rings. The third-order valence-corrected chi connectivity index (χ3v) is 2.72. The fraction of sp³-hybridized carbons (Fsp3) is 0.875. The lowest BCUT2D eigenvalue weighted by Gasteiger charge is -2.18. The Kier molecular flexibility index (Phi) is 5.77. The lowest BCUT2D eigenvalue weighted by Crippen LogP contribution is -2.45. The molecule has 4 N–H and O–H groups in total. The van der Waals surface area contributed by atoms with Gasteiger partial charge in [-0.15, -0.1) is 0 Å². The Labute approximate surface area is 90.0 Å². The molecule has 0 aromatic rings. The van der Waals surface area contributed by atoms with Crippen molar-refractivity contribution in [3.63, 3.8) is 0 Å². The van der Waals surface area contributed by atoms with E-state index in [9.17, 15) is 13.2 Å². The number of nitrogens with two attached hydrogens (primary N) is 1. The first kappa shape index (κ1) is 14.3. The van der Waals surface area contributed by atoms with Crippen molar-refractivity contribution >= 4 is 16.0 Å². The summed E-state index contributed by atoms with van der Waals surface area (Å²) < 4.78 is 29.2. The van der Waals surface area contributed by atoms with Crippen LogP contribution in [-0.2, 0) is 14.9 Å². The number of nitrogens with one attached hydrogen (secondary N) is 1. The summed E-state index contributed by atoms with van der Waals surface area (Å²) in [7, 11) is -3.92. The molecule has 0 rings (SSSR count). The fourth-order valence-electron chi connectivity index (χ4n) is 1.18. The zero-order valence-corrected chi connectivity index (χ0v) is 9.75. The van der Waals surface area contributed by atoms with Crippen LogP contribution < -0.4 is 11.1 Å². The molecule has 1 amide bonds. The molecule has 0 aliphatic rings. The van der Waals surface area contributed by atoms with Gasteiger partial charge >= 0.3 is 0 Å². The van der Waals surface area contributed by atoms with Crippen LogP contribution >= 0.6 is 0 Å². The van der Waals surface area contributed by atoms with Crippen molar-refractivity contribution in [2.75, 3.05) is 12.3 Å². The lowest BCUT2D eigenvalue weighted by molar-refractivity contribution is -0.120. The summed E-state index contributed by atoms with van der Waals surface area (Å²) >= 11 is 0. The second-order valence-electron chi connectivity index (χ2n) is 3.72. The standard InChI is InChI=1S/C8H18N2O4S/c1-6(2)7(8(9)11)10-4-3-5-15(12,13)14/h6-7,10H,3-5H2,1-2H3,(H2,9,11)(H,12,13,14)/t7-/m1/s1. The Morgan fingerprint density at radius 2 is 2.00 bits per heavy atom. The predicted molar refractivity (Wildman–Crippen MR) is 56.9 cm³/mol. The summed E-state index contributed by atoms with van der Waals surface area (Å²) in [6.45, 7) is 4.00. The summed E-state index contributed by atoms with van der Waals surface area (Å²) in [6, 6.07) is -0.466. The molecule has 15 heavy (non-hydrogen) atoms. The molecule has 0 aromatic heterocycles. The topological polar surface area (TPSA) is 109 Å². The molecule has 0 radical (unpaired) electrons. The zero-order valence-electron chi connectivity index (χ0n) is 8.93. The summed E-state index contributed by atoms with van der Waals surface area (Å²) in [5, 5.41) is 2.84. The summed E-state index contributed by atoms with van der Waals surface area (Å²) in [4.78, 5) is 10.9. The molecule has 0 spiro atoms. The van der Waals surface area contributed by atoms with Crippen molar-refractivity contribution in [1.29, 1.82) is 0 Å². The van der Waals surface area contributed by atoms with Gasteiger partial charge in [0, 0.05) is 0 Å². The number of hydrogen-bond donors (Lipinski definition) is 3. The lowest BCUT2D eigenvalue weighted by atomic mass is 10.0. The van der Waals surface area contributed by atoms with Gasteiger partial charge in [0.15, 0.2) is 0 Å². The normalized spacial score (nSPS) is 14.1. The summed E-state index contributed by atoms with van der Waals surface area (Å²) in [5.41, 5.74) is 5.14. The van der Waals surface area contributed by atoms with Crippen molar-refractivity contribution in [1.82, 2.24) is 5.32 Å². The number of carbonyl (C=O) groups excluding carboxylic acids is 1. The molecule has 0 saturated carbocycles. The zero-order chi connectivity index (χ0) is 12.1. The third-order valence-electron chi connectivity index (χ3n) is 1.92. The second kappa shape index (κ2) is 6.04. The average Bonchev–Trinajstić information content (AvgIpc) is 2.00. The molecule has 0 aliphatic heterocycles. The van der Waals surface area contributed by atoms with Gasteiger partial charge in [-0.2, -0.15) is 8.42 Å². The fourth-order valence-corrected chi connectivity index (χ4v) is 1.69. The van der Waals surface area contributed by atoms with Crippen LogP contribution in [0, 0.1) is 5.92 Å². The molecule has 0 heterocycles. The molecule has 0 saturated heterocycles. The largest absolute Gasteiger partial charge is 0.368 e. The van der Waals surface area contributed by atoms with Crippen molar-refractivity contribution in [3.05, 3.63) is 0 Å². The van der Waals surface area contributed by atoms with Crippen LogP contribution in [0.25, 0.3) is 0 Å². The molecule has 0 bridgehead atoms. The van der Waals surface area contributed by atoms with Gasteiger partial charge in [0.25, 0.3) is 10.1 Å². The molecule has 90 valence electrons. The summed E-state index contributed by atoms with van der Waals surface area (Å²) in [6.07, 6.45) is 0.245. The second-order valence-corrected chi connectivity index (χ2v) is 5.29. The van der Waals surface area contributed by atoms with E-state index in [4.69, 9.17) is 10.3 Å². The van der Waals surface area contributed by atoms with Crippen molar-refractivity contribution in [3.8, 4) is 0 Å². The number of rotatable bonds is 7. The highest BCUT2D eigenvalue weighted by Gasteiger charge is 2.18. The van der Waals surface area contributed by atoms with E-state index in [0.29, 0.717) is 6.54 Å². The smallest absolute Gasteiger partial charge is 0.264 e. The van der Waals surface area contributed by atoms with Crippen LogP contribution in [-0.4, -0.2) is 37.2 Å². The average molecular weight is 238 g/mol. The SMILES string of the molecule is CC(C)[C@@H](NCCCS(=O)(=O)O)C(N)=O. The van der Waals surface area contributed by atoms with Gasteiger partial charge in [-0.1, -0.05) is 13.8 Å². The minimum Gasteiger partial charge on any atom is -0.368 e. The van der Waals surface area contributed by atoms with Gasteiger partial charge in [0.1, 0.15) is 0 Å². The number of carbonyl (C=O) groups is 1. The Morgan fingerprint density at radius 3 is 2.33 bits per heavy atom. The van der Waals surface area contributed by atoms with E-state index in [0.717, 1.165) is 0 Å². The third kappa shape index (κ3) is 7.29. The summed E-state index contributed by atoms with van der Waals surface area (Å²) in [5.74, 6) is -0.728. The van der Waals surface area contributed by atoms with Crippen LogP contribution in [0.3, 0.4) is 0 Å². The van der Waals surface area contributed by atoms with Crippen molar-refractivity contribution in [2.45, 2.75) is 26.3 Å². The van der Waals surface area contributed by atoms with Crippen molar-refractivity contribution < 1.29 is 17.8 Å². The first-order chi connectivity index (χ1) is 6.74. The van der Waals surface area contributed by atoms with Gasteiger partial charge in [-0.05, 0) is 18.9 Å². The molecule has 0 unspecified atom stereocenters. The quantitative estimate of drug-likeness (QED) is 0.404. The van der Waals surface area contributed by atoms with E-state index < -0.39 is 22.1 Å². The monoisotopic (exact) mass is 238 g/mol. The maximum atomic E-state index is 10.9. The first-order valence-electron chi connectivity index (χ1n) is 4.72. The van der Waals surface area contributed by atoms with E-state index in [1.807, 2.05) is 13.8 Å². The van der Waals surface area contributed by atoms with Gasteiger partial charge < -0.3 is 11.1 Å². The predicted octanol–water partition coefficient (Wildman–Crippen LogP) is -0.636. The van der Waals surface area contributed by atoms with E-state index in [1.54, 1.807) is 0 Å². The minimum atomic E-state index is -3.92. The molecule has 6 nitrogen and oxygen atoms in total. The molecule has 7 heteroatoms. The Morgan fingerprint density at radius 1 is 1.47 bits per heavy atom. The number of amides is 1. The van der Waals surface area contributed by atoms with Crippen LogP contribution in [0.2, 0.25) is 0 Å². The molecule has 0 aromatic carbocycles. The molecular weight excluding hydrogens is 220 g/mol. The van der Waals surface area contributed by atoms with E-state index >= 15 is 0 Å².